The lowest BCUT2D eigenvalue weighted by Gasteiger charge is -2.14. The van der Waals surface area contributed by atoms with Gasteiger partial charge in [0.25, 0.3) is 0 Å². The van der Waals surface area contributed by atoms with Crippen LogP contribution in [0.25, 0.3) is 0 Å². The fourth-order valence-corrected chi connectivity index (χ4v) is 1.79. The molecule has 2 heterocycles. The lowest BCUT2D eigenvalue weighted by molar-refractivity contribution is -0.126. The fourth-order valence-electron chi connectivity index (χ4n) is 1.79. The van der Waals surface area contributed by atoms with Crippen molar-refractivity contribution in [1.29, 1.82) is 0 Å². The van der Waals surface area contributed by atoms with Gasteiger partial charge in [-0.1, -0.05) is 0 Å². The minimum atomic E-state index is 0.171. The Hall–Kier alpha value is -1.38. The summed E-state index contributed by atoms with van der Waals surface area (Å²) >= 11 is 0. The van der Waals surface area contributed by atoms with Crippen LogP contribution in [0.15, 0.2) is 24.5 Å². The Balaban J connectivity index is 1.80. The highest BCUT2D eigenvalue weighted by atomic mass is 16.2. The third-order valence-electron chi connectivity index (χ3n) is 2.68. The number of likely N-dealkylation sites (tertiary alicyclic amines) is 1. The van der Waals surface area contributed by atoms with Gasteiger partial charge in [-0.3, -0.25) is 9.78 Å². The molecule has 0 N–H and O–H groups in total. The number of carbonyl (C=O) groups is 1. The van der Waals surface area contributed by atoms with Crippen molar-refractivity contribution in [3.05, 3.63) is 36.5 Å². The van der Waals surface area contributed by atoms with Crippen LogP contribution in [-0.2, 0) is 11.2 Å². The van der Waals surface area contributed by atoms with Crippen LogP contribution in [0.5, 0.6) is 0 Å². The molecule has 1 aromatic rings. The van der Waals surface area contributed by atoms with Crippen molar-refractivity contribution >= 4 is 5.91 Å². The van der Waals surface area contributed by atoms with Crippen LogP contribution in [0.3, 0.4) is 0 Å². The number of aromatic nitrogens is 1. The molecule has 1 aromatic heterocycles. The second kappa shape index (κ2) is 4.91. The zero-order valence-electron chi connectivity index (χ0n) is 8.72. The first-order chi connectivity index (χ1) is 7.36. The maximum absolute atomic E-state index is 11.7. The molecule has 1 fully saturated rings. The van der Waals surface area contributed by atoms with Crippen LogP contribution in [0.4, 0.5) is 0 Å². The molecule has 0 bridgehead atoms. The third-order valence-corrected chi connectivity index (χ3v) is 2.68. The fraction of sp³-hybridized carbons (Fsp3) is 0.417. The predicted molar refractivity (Wildman–Crippen MR) is 58.1 cm³/mol. The highest BCUT2D eigenvalue weighted by Gasteiger charge is 2.17. The molecule has 1 saturated heterocycles. The lowest BCUT2D eigenvalue weighted by Crippen LogP contribution is -2.28. The Kier molecular flexibility index (Phi) is 3.33. The molecular formula is C12H15N2O. The van der Waals surface area contributed by atoms with E-state index in [0.717, 1.165) is 31.5 Å². The van der Waals surface area contributed by atoms with E-state index in [1.807, 2.05) is 17.0 Å². The third kappa shape index (κ3) is 2.78. The van der Waals surface area contributed by atoms with Gasteiger partial charge in [0.1, 0.15) is 0 Å². The second-order valence-electron chi connectivity index (χ2n) is 3.80. The molecule has 79 valence electrons. The van der Waals surface area contributed by atoms with Gasteiger partial charge in [0.05, 0.1) is 6.42 Å². The molecule has 3 heteroatoms. The SMILES string of the molecule is O=C([CH]Cc1ccncc1)N1CCCC1. The van der Waals surface area contributed by atoms with Crippen molar-refractivity contribution in [2.45, 2.75) is 19.3 Å². The normalized spacial score (nSPS) is 15.6. The summed E-state index contributed by atoms with van der Waals surface area (Å²) in [6.45, 7) is 1.84. The van der Waals surface area contributed by atoms with Crippen molar-refractivity contribution in [1.82, 2.24) is 9.88 Å². The topological polar surface area (TPSA) is 33.2 Å². The minimum absolute atomic E-state index is 0.171. The Morgan fingerprint density at radius 2 is 2.00 bits per heavy atom. The summed E-state index contributed by atoms with van der Waals surface area (Å²) in [7, 11) is 0. The molecule has 0 aliphatic carbocycles. The molecule has 0 spiro atoms. The van der Waals surface area contributed by atoms with Gasteiger partial charge in [-0.05, 0) is 37.0 Å². The Morgan fingerprint density at radius 1 is 1.33 bits per heavy atom. The monoisotopic (exact) mass is 203 g/mol. The first kappa shape index (κ1) is 10.1. The zero-order valence-corrected chi connectivity index (χ0v) is 8.72. The quantitative estimate of drug-likeness (QED) is 0.745. The van der Waals surface area contributed by atoms with E-state index in [-0.39, 0.29) is 5.91 Å². The van der Waals surface area contributed by atoms with Gasteiger partial charge in [0.15, 0.2) is 0 Å². The highest BCUT2D eigenvalue weighted by molar-refractivity contribution is 5.85. The first-order valence-corrected chi connectivity index (χ1v) is 5.37. The summed E-state index contributed by atoms with van der Waals surface area (Å²) in [6, 6.07) is 3.88. The number of carbonyl (C=O) groups excluding carboxylic acids is 1. The largest absolute Gasteiger partial charge is 0.342 e. The van der Waals surface area contributed by atoms with Crippen molar-refractivity contribution in [3.8, 4) is 0 Å². The van der Waals surface area contributed by atoms with E-state index in [2.05, 4.69) is 4.98 Å². The molecule has 0 unspecified atom stereocenters. The van der Waals surface area contributed by atoms with Crippen LogP contribution >= 0.6 is 0 Å². The predicted octanol–water partition coefficient (Wildman–Crippen LogP) is 1.45. The summed E-state index contributed by atoms with van der Waals surface area (Å²) in [5.74, 6) is 0.171. The van der Waals surface area contributed by atoms with Gasteiger partial charge < -0.3 is 4.90 Å². The summed E-state index contributed by atoms with van der Waals surface area (Å²) in [4.78, 5) is 17.5. The smallest absolute Gasteiger partial charge is 0.226 e. The summed E-state index contributed by atoms with van der Waals surface area (Å²) < 4.78 is 0. The number of hydrogen-bond acceptors (Lipinski definition) is 2. The number of amides is 1. The van der Waals surface area contributed by atoms with E-state index in [4.69, 9.17) is 0 Å². The average molecular weight is 203 g/mol. The number of hydrogen-bond donors (Lipinski definition) is 0. The molecule has 3 nitrogen and oxygen atoms in total. The van der Waals surface area contributed by atoms with E-state index >= 15 is 0 Å². The number of nitrogens with zero attached hydrogens (tertiary/aromatic N) is 2. The van der Waals surface area contributed by atoms with E-state index in [0.29, 0.717) is 6.42 Å². The minimum Gasteiger partial charge on any atom is -0.342 e. The van der Waals surface area contributed by atoms with Crippen LogP contribution in [0, 0.1) is 6.42 Å². The zero-order chi connectivity index (χ0) is 10.5. The number of pyridine rings is 1. The molecule has 0 aromatic carbocycles. The van der Waals surface area contributed by atoms with Crippen LogP contribution in [0.2, 0.25) is 0 Å². The van der Waals surface area contributed by atoms with Gasteiger partial charge in [-0.2, -0.15) is 0 Å². The highest BCUT2D eigenvalue weighted by Crippen LogP contribution is 2.10. The molecule has 1 radical (unpaired) electrons. The maximum Gasteiger partial charge on any atom is 0.226 e. The van der Waals surface area contributed by atoms with Crippen molar-refractivity contribution in [2.24, 2.45) is 0 Å². The molecule has 1 aliphatic heterocycles. The summed E-state index contributed by atoms with van der Waals surface area (Å²) in [5, 5.41) is 0. The van der Waals surface area contributed by atoms with Crippen molar-refractivity contribution in [3.63, 3.8) is 0 Å². The van der Waals surface area contributed by atoms with E-state index < -0.39 is 0 Å². The number of rotatable bonds is 3. The summed E-state index contributed by atoms with van der Waals surface area (Å²) in [6.07, 6.45) is 8.27. The average Bonchev–Trinajstić information content (AvgIpc) is 2.81. The Morgan fingerprint density at radius 3 is 2.67 bits per heavy atom. The van der Waals surface area contributed by atoms with Gasteiger partial charge in [0, 0.05) is 25.5 Å². The Labute approximate surface area is 90.1 Å². The molecule has 1 aliphatic rings. The lowest BCUT2D eigenvalue weighted by atomic mass is 10.1. The van der Waals surface area contributed by atoms with Gasteiger partial charge >= 0.3 is 0 Å². The maximum atomic E-state index is 11.7. The van der Waals surface area contributed by atoms with Crippen molar-refractivity contribution in [2.75, 3.05) is 13.1 Å². The molecular weight excluding hydrogens is 188 g/mol. The van der Waals surface area contributed by atoms with Gasteiger partial charge in [-0.15, -0.1) is 0 Å². The molecule has 15 heavy (non-hydrogen) atoms. The molecule has 0 saturated carbocycles. The molecule has 2 rings (SSSR count). The molecule has 1 amide bonds. The van der Waals surface area contributed by atoms with Gasteiger partial charge in [0.2, 0.25) is 5.91 Å². The van der Waals surface area contributed by atoms with E-state index in [1.54, 1.807) is 18.8 Å². The molecule has 0 atom stereocenters. The second-order valence-corrected chi connectivity index (χ2v) is 3.80. The van der Waals surface area contributed by atoms with Crippen molar-refractivity contribution < 1.29 is 4.79 Å². The Bertz CT molecular complexity index is 318. The van der Waals surface area contributed by atoms with Crippen LogP contribution in [0.1, 0.15) is 18.4 Å². The van der Waals surface area contributed by atoms with Crippen LogP contribution in [-0.4, -0.2) is 28.9 Å². The van der Waals surface area contributed by atoms with Crippen LogP contribution < -0.4 is 0 Å². The van der Waals surface area contributed by atoms with Gasteiger partial charge in [-0.25, -0.2) is 0 Å². The van der Waals surface area contributed by atoms with E-state index in [1.165, 1.54) is 0 Å². The van der Waals surface area contributed by atoms with E-state index in [9.17, 15) is 4.79 Å². The standard InChI is InChI=1S/C12H15N2O/c15-12(14-9-1-2-10-14)4-3-11-5-7-13-8-6-11/h4-8H,1-3,9-10H2. The summed E-state index contributed by atoms with van der Waals surface area (Å²) in [5.41, 5.74) is 1.14. The first-order valence-electron chi connectivity index (χ1n) is 5.37.